The van der Waals surface area contributed by atoms with Gasteiger partial charge in [0.15, 0.2) is 11.8 Å². The molecule has 1 rings (SSSR count). The van der Waals surface area contributed by atoms with Crippen LogP contribution in [-0.2, 0) is 19.1 Å². The summed E-state index contributed by atoms with van der Waals surface area (Å²) >= 11 is 0. The molecule has 0 aliphatic carbocycles. The Kier molecular flexibility index (Phi) is 2.12. The Balaban J connectivity index is 2.84. The number of carbonyl (C=O) groups is 3. The van der Waals surface area contributed by atoms with Gasteiger partial charge in [-0.2, -0.15) is 0 Å². The summed E-state index contributed by atoms with van der Waals surface area (Å²) < 4.78 is 4.39. The van der Waals surface area contributed by atoms with Crippen LogP contribution in [0.2, 0.25) is 0 Å². The highest BCUT2D eigenvalue weighted by molar-refractivity contribution is 6.04. The summed E-state index contributed by atoms with van der Waals surface area (Å²) in [5.74, 6) is -1.00. The fourth-order valence-corrected chi connectivity index (χ4v) is 1.16. The molecular formula is C7H9NO4. The Morgan fingerprint density at radius 3 is 2.75 bits per heavy atom. The van der Waals surface area contributed by atoms with Crippen LogP contribution in [0.1, 0.15) is 12.8 Å². The van der Waals surface area contributed by atoms with Crippen LogP contribution < -0.4 is 5.32 Å². The van der Waals surface area contributed by atoms with Gasteiger partial charge >= 0.3 is 5.97 Å². The Morgan fingerprint density at radius 2 is 2.42 bits per heavy atom. The molecule has 1 N–H and O–H groups in total. The van der Waals surface area contributed by atoms with Gasteiger partial charge in [0.05, 0.1) is 7.11 Å². The predicted octanol–water partition coefficient (Wildman–Crippen LogP) is -0.993. The molecule has 0 aromatic rings. The number of aldehydes is 1. The second-order valence-corrected chi connectivity index (χ2v) is 2.63. The average molecular weight is 171 g/mol. The number of methoxy groups -OCH3 is 1. The van der Waals surface area contributed by atoms with Gasteiger partial charge < -0.3 is 14.8 Å². The SMILES string of the molecule is COC(=O)C1(C=O)CCC(=O)N1. The number of rotatable bonds is 2. The third-order valence-corrected chi connectivity index (χ3v) is 1.86. The van der Waals surface area contributed by atoms with E-state index in [0.29, 0.717) is 6.29 Å². The largest absolute Gasteiger partial charge is 0.467 e. The number of hydrogen-bond acceptors (Lipinski definition) is 4. The standard InChI is InChI=1S/C7H9NO4/c1-12-6(11)7(4-9)3-2-5(10)8-7/h4H,2-3H2,1H3,(H,8,10). The number of nitrogens with one attached hydrogen (secondary N) is 1. The molecule has 1 fully saturated rings. The lowest BCUT2D eigenvalue weighted by Gasteiger charge is -2.17. The molecule has 1 saturated heterocycles. The van der Waals surface area contributed by atoms with Crippen LogP contribution in [0.25, 0.3) is 0 Å². The minimum atomic E-state index is -1.42. The van der Waals surface area contributed by atoms with Gasteiger partial charge in [-0.25, -0.2) is 4.79 Å². The molecule has 1 aliphatic rings. The lowest BCUT2D eigenvalue weighted by atomic mass is 10.0. The molecule has 66 valence electrons. The minimum absolute atomic E-state index is 0.183. The van der Waals surface area contributed by atoms with Gasteiger partial charge in [0.1, 0.15) is 0 Å². The molecule has 0 spiro atoms. The number of carbonyl (C=O) groups excluding carboxylic acids is 3. The molecule has 0 aromatic heterocycles. The van der Waals surface area contributed by atoms with Crippen LogP contribution in [0.4, 0.5) is 0 Å². The van der Waals surface area contributed by atoms with E-state index >= 15 is 0 Å². The summed E-state index contributed by atoms with van der Waals surface area (Å²) in [6.45, 7) is 0. The summed E-state index contributed by atoms with van der Waals surface area (Å²) in [6.07, 6.45) is 0.791. The first-order valence-electron chi connectivity index (χ1n) is 3.50. The van der Waals surface area contributed by atoms with Crippen molar-refractivity contribution in [3.05, 3.63) is 0 Å². The molecule has 0 aromatic carbocycles. The Hall–Kier alpha value is -1.39. The van der Waals surface area contributed by atoms with Crippen molar-refractivity contribution in [3.8, 4) is 0 Å². The molecular weight excluding hydrogens is 162 g/mol. The number of hydrogen-bond donors (Lipinski definition) is 1. The van der Waals surface area contributed by atoms with E-state index in [1.165, 1.54) is 7.11 Å². The van der Waals surface area contributed by atoms with E-state index < -0.39 is 11.5 Å². The van der Waals surface area contributed by atoms with Gasteiger partial charge in [-0.15, -0.1) is 0 Å². The van der Waals surface area contributed by atoms with Crippen molar-refractivity contribution < 1.29 is 19.1 Å². The fourth-order valence-electron chi connectivity index (χ4n) is 1.16. The lowest BCUT2D eigenvalue weighted by molar-refractivity contribution is -0.150. The van der Waals surface area contributed by atoms with Crippen LogP contribution in [0.5, 0.6) is 0 Å². The molecule has 1 aliphatic heterocycles. The van der Waals surface area contributed by atoms with Gasteiger partial charge in [-0.1, -0.05) is 0 Å². The summed E-state index contributed by atoms with van der Waals surface area (Å²) in [6, 6.07) is 0. The van der Waals surface area contributed by atoms with Crippen molar-refractivity contribution in [2.24, 2.45) is 0 Å². The van der Waals surface area contributed by atoms with Crippen LogP contribution in [0, 0.1) is 0 Å². The van der Waals surface area contributed by atoms with E-state index in [1.54, 1.807) is 0 Å². The molecule has 5 nitrogen and oxygen atoms in total. The Morgan fingerprint density at radius 1 is 1.75 bits per heavy atom. The minimum Gasteiger partial charge on any atom is -0.467 e. The van der Waals surface area contributed by atoms with Crippen molar-refractivity contribution in [2.45, 2.75) is 18.4 Å². The second kappa shape index (κ2) is 2.92. The quantitative estimate of drug-likeness (QED) is 0.329. The third-order valence-electron chi connectivity index (χ3n) is 1.86. The molecule has 0 bridgehead atoms. The molecule has 1 heterocycles. The van der Waals surface area contributed by atoms with Crippen LogP contribution in [-0.4, -0.2) is 30.8 Å². The van der Waals surface area contributed by atoms with E-state index in [4.69, 9.17) is 0 Å². The van der Waals surface area contributed by atoms with Gasteiger partial charge in [-0.3, -0.25) is 4.79 Å². The van der Waals surface area contributed by atoms with Gasteiger partial charge in [0.25, 0.3) is 0 Å². The van der Waals surface area contributed by atoms with Crippen LogP contribution in [0.3, 0.4) is 0 Å². The molecule has 1 amide bonds. The van der Waals surface area contributed by atoms with E-state index in [1.807, 2.05) is 0 Å². The smallest absolute Gasteiger partial charge is 0.339 e. The summed E-state index contributed by atoms with van der Waals surface area (Å²) in [5.41, 5.74) is -1.42. The first-order valence-corrected chi connectivity index (χ1v) is 3.50. The van der Waals surface area contributed by atoms with Crippen molar-refractivity contribution >= 4 is 18.2 Å². The molecule has 1 unspecified atom stereocenters. The molecule has 0 saturated carbocycles. The van der Waals surface area contributed by atoms with Crippen molar-refractivity contribution in [3.63, 3.8) is 0 Å². The van der Waals surface area contributed by atoms with E-state index in [2.05, 4.69) is 10.1 Å². The summed E-state index contributed by atoms with van der Waals surface area (Å²) in [4.78, 5) is 32.4. The second-order valence-electron chi connectivity index (χ2n) is 2.63. The zero-order valence-electron chi connectivity index (χ0n) is 6.62. The molecule has 1 atom stereocenters. The highest BCUT2D eigenvalue weighted by atomic mass is 16.5. The maximum Gasteiger partial charge on any atom is 0.339 e. The van der Waals surface area contributed by atoms with Gasteiger partial charge in [-0.05, 0) is 6.42 Å². The molecule has 12 heavy (non-hydrogen) atoms. The van der Waals surface area contributed by atoms with Crippen LogP contribution >= 0.6 is 0 Å². The topological polar surface area (TPSA) is 72.5 Å². The van der Waals surface area contributed by atoms with Crippen molar-refractivity contribution in [2.75, 3.05) is 7.11 Å². The highest BCUT2D eigenvalue weighted by Gasteiger charge is 2.45. The van der Waals surface area contributed by atoms with Crippen molar-refractivity contribution in [1.29, 1.82) is 0 Å². The van der Waals surface area contributed by atoms with E-state index in [0.717, 1.165) is 0 Å². The lowest BCUT2D eigenvalue weighted by Crippen LogP contribution is -2.51. The van der Waals surface area contributed by atoms with E-state index in [-0.39, 0.29) is 18.7 Å². The number of amides is 1. The van der Waals surface area contributed by atoms with E-state index in [9.17, 15) is 14.4 Å². The highest BCUT2D eigenvalue weighted by Crippen LogP contribution is 2.18. The maximum atomic E-state index is 11.0. The number of esters is 1. The van der Waals surface area contributed by atoms with Gasteiger partial charge in [0.2, 0.25) is 5.91 Å². The molecule has 5 heteroatoms. The van der Waals surface area contributed by atoms with Gasteiger partial charge in [0, 0.05) is 6.42 Å². The first-order chi connectivity index (χ1) is 5.64. The number of ether oxygens (including phenoxy) is 1. The van der Waals surface area contributed by atoms with Crippen molar-refractivity contribution in [1.82, 2.24) is 5.32 Å². The first kappa shape index (κ1) is 8.70. The predicted molar refractivity (Wildman–Crippen MR) is 38.2 cm³/mol. The zero-order valence-corrected chi connectivity index (χ0v) is 6.62. The molecule has 0 radical (unpaired) electrons. The monoisotopic (exact) mass is 171 g/mol. The summed E-state index contributed by atoms with van der Waals surface area (Å²) in [7, 11) is 1.18. The zero-order chi connectivity index (χ0) is 9.19. The summed E-state index contributed by atoms with van der Waals surface area (Å²) in [5, 5.41) is 2.29. The fraction of sp³-hybridized carbons (Fsp3) is 0.571. The normalized spacial score (nSPS) is 27.9. The van der Waals surface area contributed by atoms with Crippen LogP contribution in [0.15, 0.2) is 0 Å². The average Bonchev–Trinajstić information content (AvgIpc) is 2.47. The maximum absolute atomic E-state index is 11.0. The third kappa shape index (κ3) is 1.17. The Bertz CT molecular complexity index is 238. The Labute approximate surface area is 69.1 Å².